The maximum atomic E-state index is 11.3. The van der Waals surface area contributed by atoms with Gasteiger partial charge in [0.2, 0.25) is 5.91 Å². The molecule has 1 aliphatic heterocycles. The molecule has 0 aliphatic carbocycles. The minimum Gasteiger partial charge on any atom is -0.360 e. The zero-order valence-electron chi connectivity index (χ0n) is 7.91. The van der Waals surface area contributed by atoms with E-state index in [0.29, 0.717) is 5.25 Å². The van der Waals surface area contributed by atoms with Gasteiger partial charge in [-0.2, -0.15) is 0 Å². The smallest absolute Gasteiger partial charge is 0.237 e. The van der Waals surface area contributed by atoms with Crippen LogP contribution in [0.25, 0.3) is 0 Å². The van der Waals surface area contributed by atoms with Gasteiger partial charge in [-0.25, -0.2) is 0 Å². The summed E-state index contributed by atoms with van der Waals surface area (Å²) in [6.45, 7) is 4.22. The summed E-state index contributed by atoms with van der Waals surface area (Å²) in [5.41, 5.74) is 0. The summed E-state index contributed by atoms with van der Waals surface area (Å²) in [4.78, 5) is 11.1. The number of carbonyl (C=O) groups excluding carboxylic acids is 1. The summed E-state index contributed by atoms with van der Waals surface area (Å²) in [6, 6.07) is 0. The van der Waals surface area contributed by atoms with Gasteiger partial charge >= 0.3 is 0 Å². The quantitative estimate of drug-likeness (QED) is 0.785. The predicted molar refractivity (Wildman–Crippen MR) is 58.2 cm³/mol. The largest absolute Gasteiger partial charge is 0.360 e. The molecule has 0 aromatic rings. The van der Waals surface area contributed by atoms with Crippen LogP contribution in [0.15, 0.2) is 0 Å². The molecule has 0 aromatic carbocycles. The molecule has 1 rings (SSSR count). The molecule has 3 nitrogen and oxygen atoms in total. The van der Waals surface area contributed by atoms with Crippen LogP contribution in [0.1, 0.15) is 13.8 Å². The van der Waals surface area contributed by atoms with Crippen LogP contribution in [0.3, 0.4) is 0 Å². The molecular weight excluding hydrogens is 254 g/mol. The molecule has 0 radical (unpaired) electrons. The Balaban J connectivity index is 2.62. The highest BCUT2D eigenvalue weighted by Gasteiger charge is 2.41. The highest BCUT2D eigenvalue weighted by Crippen LogP contribution is 2.31. The Hall–Kier alpha value is 0.260. The summed E-state index contributed by atoms with van der Waals surface area (Å²) >= 11 is 5.12. The second-order valence-corrected chi connectivity index (χ2v) is 5.96. The molecular formula is C8H14BrNO2S. The van der Waals surface area contributed by atoms with Crippen molar-refractivity contribution in [1.29, 1.82) is 0 Å². The summed E-state index contributed by atoms with van der Waals surface area (Å²) in [6.07, 6.45) is -0.163. The fourth-order valence-electron chi connectivity index (χ4n) is 1.25. The van der Waals surface area contributed by atoms with Gasteiger partial charge in [0.25, 0.3) is 0 Å². The van der Waals surface area contributed by atoms with Gasteiger partial charge in [-0.1, -0.05) is 29.8 Å². The average molecular weight is 268 g/mol. The maximum Gasteiger partial charge on any atom is 0.237 e. The number of alkyl halides is 1. The van der Waals surface area contributed by atoms with Crippen molar-refractivity contribution >= 4 is 33.6 Å². The maximum absolute atomic E-state index is 11.3. The van der Waals surface area contributed by atoms with E-state index in [0.717, 1.165) is 0 Å². The second kappa shape index (κ2) is 4.66. The first-order valence-corrected chi connectivity index (χ1v) is 6.04. The SMILES string of the molecule is CO[C@H]1NC(=O)[C@H](Br)[C@@H]1SC(C)C. The van der Waals surface area contributed by atoms with E-state index in [1.807, 2.05) is 0 Å². The third-order valence-electron chi connectivity index (χ3n) is 1.81. The molecule has 1 saturated heterocycles. The number of carbonyl (C=O) groups is 1. The van der Waals surface area contributed by atoms with E-state index in [2.05, 4.69) is 35.1 Å². The lowest BCUT2D eigenvalue weighted by Gasteiger charge is -2.20. The van der Waals surface area contributed by atoms with Crippen molar-refractivity contribution in [3.8, 4) is 0 Å². The normalized spacial score (nSPS) is 33.9. The molecule has 1 N–H and O–H groups in total. The average Bonchev–Trinajstić information content (AvgIpc) is 2.31. The number of hydrogen-bond donors (Lipinski definition) is 1. The van der Waals surface area contributed by atoms with E-state index in [1.54, 1.807) is 18.9 Å². The molecule has 0 aromatic heterocycles. The fraction of sp³-hybridized carbons (Fsp3) is 0.875. The van der Waals surface area contributed by atoms with Crippen molar-refractivity contribution in [1.82, 2.24) is 5.32 Å². The summed E-state index contributed by atoms with van der Waals surface area (Å²) < 4.78 is 5.18. The van der Waals surface area contributed by atoms with Crippen molar-refractivity contribution in [2.24, 2.45) is 0 Å². The van der Waals surface area contributed by atoms with E-state index in [4.69, 9.17) is 4.74 Å². The van der Waals surface area contributed by atoms with E-state index in [-0.39, 0.29) is 22.2 Å². The van der Waals surface area contributed by atoms with E-state index >= 15 is 0 Å². The zero-order valence-corrected chi connectivity index (χ0v) is 10.3. The lowest BCUT2D eigenvalue weighted by molar-refractivity contribution is -0.120. The van der Waals surface area contributed by atoms with Crippen LogP contribution in [0, 0.1) is 0 Å². The van der Waals surface area contributed by atoms with Crippen molar-refractivity contribution in [3.63, 3.8) is 0 Å². The van der Waals surface area contributed by atoms with Gasteiger partial charge in [0.1, 0.15) is 11.1 Å². The zero-order chi connectivity index (χ0) is 10.0. The van der Waals surface area contributed by atoms with E-state index < -0.39 is 0 Å². The Bertz CT molecular complexity index is 201. The van der Waals surface area contributed by atoms with Crippen molar-refractivity contribution < 1.29 is 9.53 Å². The number of rotatable bonds is 3. The van der Waals surface area contributed by atoms with Gasteiger partial charge in [-0.05, 0) is 5.25 Å². The first-order valence-electron chi connectivity index (χ1n) is 4.19. The Morgan fingerprint density at radius 1 is 1.62 bits per heavy atom. The first-order chi connectivity index (χ1) is 6.06. The molecule has 1 amide bonds. The van der Waals surface area contributed by atoms with Crippen LogP contribution in [-0.4, -0.2) is 34.6 Å². The first kappa shape index (κ1) is 11.3. The third kappa shape index (κ3) is 2.60. The van der Waals surface area contributed by atoms with E-state index in [9.17, 15) is 4.79 Å². The Kier molecular flexibility index (Phi) is 4.06. The van der Waals surface area contributed by atoms with Crippen LogP contribution < -0.4 is 5.32 Å². The predicted octanol–water partition coefficient (Wildman–Crippen LogP) is 1.36. The van der Waals surface area contributed by atoms with Crippen molar-refractivity contribution in [3.05, 3.63) is 0 Å². The molecule has 1 fully saturated rings. The Morgan fingerprint density at radius 2 is 2.23 bits per heavy atom. The van der Waals surface area contributed by atoms with Crippen LogP contribution in [-0.2, 0) is 9.53 Å². The Morgan fingerprint density at radius 3 is 2.69 bits per heavy atom. The molecule has 3 atom stereocenters. The summed E-state index contributed by atoms with van der Waals surface area (Å²) in [5.74, 6) is 0.0185. The Labute approximate surface area is 91.1 Å². The molecule has 0 unspecified atom stereocenters. The number of ether oxygens (including phenoxy) is 1. The van der Waals surface area contributed by atoms with Gasteiger partial charge in [0.05, 0.1) is 5.25 Å². The highest BCUT2D eigenvalue weighted by molar-refractivity contribution is 9.10. The number of methoxy groups -OCH3 is 1. The minimum atomic E-state index is -0.163. The number of nitrogens with one attached hydrogen (secondary N) is 1. The minimum absolute atomic E-state index is 0.0185. The van der Waals surface area contributed by atoms with E-state index in [1.165, 1.54) is 0 Å². The summed E-state index contributed by atoms with van der Waals surface area (Å²) in [7, 11) is 1.61. The van der Waals surface area contributed by atoms with Crippen LogP contribution in [0.2, 0.25) is 0 Å². The van der Waals surface area contributed by atoms with Gasteiger partial charge in [-0.3, -0.25) is 4.79 Å². The number of amides is 1. The molecule has 1 aliphatic rings. The lowest BCUT2D eigenvalue weighted by Crippen LogP contribution is -2.32. The van der Waals surface area contributed by atoms with Crippen LogP contribution in [0.5, 0.6) is 0 Å². The van der Waals surface area contributed by atoms with Crippen LogP contribution in [0.4, 0.5) is 0 Å². The molecule has 13 heavy (non-hydrogen) atoms. The highest BCUT2D eigenvalue weighted by atomic mass is 79.9. The standard InChI is InChI=1S/C8H14BrNO2S/c1-4(2)13-6-5(9)7(11)10-8(6)12-3/h4-6,8H,1-3H3,(H,10,11)/t5-,6+,8-/m1/s1. The monoisotopic (exact) mass is 267 g/mol. The van der Waals surface area contributed by atoms with Gasteiger partial charge in [0, 0.05) is 7.11 Å². The molecule has 76 valence electrons. The van der Waals surface area contributed by atoms with Gasteiger partial charge < -0.3 is 10.1 Å². The molecule has 0 bridgehead atoms. The third-order valence-corrected chi connectivity index (χ3v) is 4.52. The van der Waals surface area contributed by atoms with Gasteiger partial charge in [-0.15, -0.1) is 11.8 Å². The fourth-order valence-corrected chi connectivity index (χ4v) is 3.25. The number of thioether (sulfide) groups is 1. The number of hydrogen-bond acceptors (Lipinski definition) is 3. The second-order valence-electron chi connectivity index (χ2n) is 3.22. The van der Waals surface area contributed by atoms with Crippen LogP contribution >= 0.6 is 27.7 Å². The van der Waals surface area contributed by atoms with Crippen molar-refractivity contribution in [2.45, 2.75) is 35.4 Å². The molecule has 5 heteroatoms. The molecule has 0 spiro atoms. The molecule has 1 heterocycles. The van der Waals surface area contributed by atoms with Crippen molar-refractivity contribution in [2.75, 3.05) is 7.11 Å². The topological polar surface area (TPSA) is 38.3 Å². The van der Waals surface area contributed by atoms with Gasteiger partial charge in [0.15, 0.2) is 0 Å². The summed E-state index contributed by atoms with van der Waals surface area (Å²) in [5, 5.41) is 3.44. The lowest BCUT2D eigenvalue weighted by atomic mass is 10.3. The molecule has 0 saturated carbocycles. The number of halogens is 1.